The summed E-state index contributed by atoms with van der Waals surface area (Å²) in [4.78, 5) is -0.637. The Labute approximate surface area is 73.6 Å². The van der Waals surface area contributed by atoms with E-state index in [4.69, 9.17) is 16.7 Å². The smallest absolute Gasteiger partial charge is 0.333 e. The van der Waals surface area contributed by atoms with Gasteiger partial charge in [-0.1, -0.05) is 11.6 Å². The van der Waals surface area contributed by atoms with Crippen molar-refractivity contribution in [3.63, 3.8) is 0 Å². The van der Waals surface area contributed by atoms with Gasteiger partial charge in [-0.25, -0.2) is 0 Å². The van der Waals surface area contributed by atoms with E-state index in [1.54, 1.807) is 0 Å². The SMILES string of the molecule is O=S(=O)(F)c1ccc(O)cc1Cl. The fourth-order valence-corrected chi connectivity index (χ4v) is 1.66. The zero-order valence-electron chi connectivity index (χ0n) is 5.66. The number of phenols is 1. The maximum atomic E-state index is 12.3. The molecule has 0 aliphatic rings. The topological polar surface area (TPSA) is 54.4 Å². The zero-order valence-corrected chi connectivity index (χ0v) is 7.23. The molecule has 0 unspecified atom stereocenters. The molecule has 0 saturated carbocycles. The Morgan fingerprint density at radius 2 is 2.00 bits per heavy atom. The Morgan fingerprint density at radius 1 is 1.42 bits per heavy atom. The third-order valence-corrected chi connectivity index (χ3v) is 2.48. The van der Waals surface area contributed by atoms with Crippen LogP contribution in [0.3, 0.4) is 0 Å². The minimum absolute atomic E-state index is 0.215. The monoisotopic (exact) mass is 210 g/mol. The van der Waals surface area contributed by atoms with E-state index in [1.807, 2.05) is 0 Å². The molecule has 12 heavy (non-hydrogen) atoms. The van der Waals surface area contributed by atoms with E-state index in [0.29, 0.717) is 0 Å². The molecule has 0 saturated heterocycles. The molecule has 66 valence electrons. The van der Waals surface area contributed by atoms with Crippen molar-refractivity contribution in [3.05, 3.63) is 23.2 Å². The summed E-state index contributed by atoms with van der Waals surface area (Å²) >= 11 is 5.33. The quantitative estimate of drug-likeness (QED) is 0.718. The molecule has 0 amide bonds. The molecule has 1 rings (SSSR count). The molecule has 1 N–H and O–H groups in total. The highest BCUT2D eigenvalue weighted by Crippen LogP contribution is 2.26. The molecule has 0 aliphatic carbocycles. The lowest BCUT2D eigenvalue weighted by atomic mass is 10.3. The fraction of sp³-hybridized carbons (Fsp3) is 0. The van der Waals surface area contributed by atoms with E-state index < -0.39 is 15.1 Å². The maximum absolute atomic E-state index is 12.3. The van der Waals surface area contributed by atoms with E-state index in [2.05, 4.69) is 0 Å². The van der Waals surface area contributed by atoms with E-state index in [1.165, 1.54) is 0 Å². The van der Waals surface area contributed by atoms with Crippen LogP contribution in [0.25, 0.3) is 0 Å². The molecule has 0 atom stereocenters. The van der Waals surface area contributed by atoms with Crippen molar-refractivity contribution >= 4 is 21.8 Å². The van der Waals surface area contributed by atoms with Crippen molar-refractivity contribution in [1.82, 2.24) is 0 Å². The lowest BCUT2D eigenvalue weighted by Crippen LogP contribution is -1.92. The molecule has 0 spiro atoms. The van der Waals surface area contributed by atoms with E-state index in [0.717, 1.165) is 18.2 Å². The molecule has 3 nitrogen and oxygen atoms in total. The number of hydrogen-bond acceptors (Lipinski definition) is 3. The minimum Gasteiger partial charge on any atom is -0.508 e. The van der Waals surface area contributed by atoms with Crippen molar-refractivity contribution in [1.29, 1.82) is 0 Å². The van der Waals surface area contributed by atoms with Gasteiger partial charge in [-0.15, -0.1) is 3.89 Å². The molecule has 0 fully saturated rings. The first kappa shape index (κ1) is 9.28. The Hall–Kier alpha value is -0.810. The first-order valence-electron chi connectivity index (χ1n) is 2.84. The number of hydrogen-bond donors (Lipinski definition) is 1. The van der Waals surface area contributed by atoms with Gasteiger partial charge >= 0.3 is 10.2 Å². The lowest BCUT2D eigenvalue weighted by Gasteiger charge is -1.98. The number of halogens is 2. The largest absolute Gasteiger partial charge is 0.508 e. The molecule has 0 heterocycles. The first-order valence-corrected chi connectivity index (χ1v) is 4.60. The van der Waals surface area contributed by atoms with Gasteiger partial charge in [0.1, 0.15) is 10.6 Å². The lowest BCUT2D eigenvalue weighted by molar-refractivity contribution is 0.474. The van der Waals surface area contributed by atoms with Crippen LogP contribution >= 0.6 is 11.6 Å². The Balaban J connectivity index is 3.39. The molecular formula is C6H4ClFO3S. The van der Waals surface area contributed by atoms with Gasteiger partial charge in [-0.2, -0.15) is 8.42 Å². The summed E-state index contributed by atoms with van der Waals surface area (Å²) in [6.45, 7) is 0. The highest BCUT2D eigenvalue weighted by atomic mass is 35.5. The van der Waals surface area contributed by atoms with Crippen molar-refractivity contribution in [2.75, 3.05) is 0 Å². The highest BCUT2D eigenvalue weighted by molar-refractivity contribution is 7.86. The van der Waals surface area contributed by atoms with Crippen molar-refractivity contribution in [3.8, 4) is 5.75 Å². The van der Waals surface area contributed by atoms with Gasteiger partial charge < -0.3 is 5.11 Å². The molecule has 1 aromatic carbocycles. The number of aromatic hydroxyl groups is 1. The van der Waals surface area contributed by atoms with Gasteiger partial charge in [0.15, 0.2) is 0 Å². The highest BCUT2D eigenvalue weighted by Gasteiger charge is 2.16. The van der Waals surface area contributed by atoms with Crippen LogP contribution < -0.4 is 0 Å². The van der Waals surface area contributed by atoms with Crippen LogP contribution in [-0.4, -0.2) is 13.5 Å². The molecule has 0 bridgehead atoms. The normalized spacial score (nSPS) is 11.5. The van der Waals surface area contributed by atoms with Gasteiger partial charge in [-0.05, 0) is 18.2 Å². The number of rotatable bonds is 1. The summed E-state index contributed by atoms with van der Waals surface area (Å²) in [6.07, 6.45) is 0. The van der Waals surface area contributed by atoms with Gasteiger partial charge in [0.05, 0.1) is 5.02 Å². The molecule has 0 aliphatic heterocycles. The summed E-state index contributed by atoms with van der Waals surface area (Å²) in [5.74, 6) is -0.215. The Kier molecular flexibility index (Phi) is 2.25. The fourth-order valence-electron chi connectivity index (χ4n) is 0.687. The predicted molar refractivity (Wildman–Crippen MR) is 41.4 cm³/mol. The maximum Gasteiger partial charge on any atom is 0.333 e. The standard InChI is InChI=1S/C6H4ClFO3S/c7-5-3-4(9)1-2-6(5)12(8,10)11/h1-3,9H. The third-order valence-electron chi connectivity index (χ3n) is 1.18. The van der Waals surface area contributed by atoms with Crippen molar-refractivity contribution < 1.29 is 17.4 Å². The third kappa shape index (κ3) is 1.86. The molecule has 0 aromatic heterocycles. The second-order valence-corrected chi connectivity index (χ2v) is 3.78. The molecular weight excluding hydrogens is 207 g/mol. The van der Waals surface area contributed by atoms with Gasteiger partial charge in [0.2, 0.25) is 0 Å². The second kappa shape index (κ2) is 2.91. The number of phenolic OH excluding ortho intramolecular Hbond substituents is 1. The predicted octanol–water partition coefficient (Wildman–Crippen LogP) is 1.70. The van der Waals surface area contributed by atoms with Gasteiger partial charge in [0.25, 0.3) is 0 Å². The second-order valence-electron chi connectivity index (χ2n) is 2.05. The van der Waals surface area contributed by atoms with Crippen LogP contribution in [0.15, 0.2) is 23.1 Å². The summed E-state index contributed by atoms with van der Waals surface area (Å²) in [7, 11) is -4.79. The minimum atomic E-state index is -4.79. The average molecular weight is 211 g/mol. The molecule has 6 heteroatoms. The van der Waals surface area contributed by atoms with Crippen LogP contribution in [0.2, 0.25) is 5.02 Å². The summed E-state index contributed by atoms with van der Waals surface area (Å²) in [5.41, 5.74) is 0. The Morgan fingerprint density at radius 3 is 2.42 bits per heavy atom. The van der Waals surface area contributed by atoms with E-state index in [9.17, 15) is 12.3 Å². The van der Waals surface area contributed by atoms with E-state index >= 15 is 0 Å². The zero-order chi connectivity index (χ0) is 9.35. The van der Waals surface area contributed by atoms with Crippen LogP contribution in [-0.2, 0) is 10.2 Å². The van der Waals surface area contributed by atoms with Crippen molar-refractivity contribution in [2.45, 2.75) is 4.90 Å². The van der Waals surface area contributed by atoms with Crippen LogP contribution in [0.5, 0.6) is 5.75 Å². The molecule has 1 aromatic rings. The first-order chi connectivity index (χ1) is 5.41. The summed E-state index contributed by atoms with van der Waals surface area (Å²) in [6, 6.07) is 2.89. The molecule has 0 radical (unpaired) electrons. The van der Waals surface area contributed by atoms with E-state index in [-0.39, 0.29) is 10.8 Å². The van der Waals surface area contributed by atoms with Crippen LogP contribution in [0, 0.1) is 0 Å². The van der Waals surface area contributed by atoms with Crippen LogP contribution in [0.4, 0.5) is 3.89 Å². The number of benzene rings is 1. The van der Waals surface area contributed by atoms with Gasteiger partial charge in [-0.3, -0.25) is 0 Å². The average Bonchev–Trinajstić information content (AvgIpc) is 1.83. The summed E-state index contributed by atoms with van der Waals surface area (Å²) in [5, 5.41) is 8.47. The Bertz CT molecular complexity index is 401. The summed E-state index contributed by atoms with van der Waals surface area (Å²) < 4.78 is 33.0. The van der Waals surface area contributed by atoms with Crippen molar-refractivity contribution in [2.24, 2.45) is 0 Å². The van der Waals surface area contributed by atoms with Crippen LogP contribution in [0.1, 0.15) is 0 Å². The van der Waals surface area contributed by atoms with Gasteiger partial charge in [0, 0.05) is 0 Å².